The minimum atomic E-state index is -3.89. The summed E-state index contributed by atoms with van der Waals surface area (Å²) < 4.78 is 34.6. The van der Waals surface area contributed by atoms with E-state index >= 15 is 0 Å². The minimum absolute atomic E-state index is 0.195. The number of nitrogens with zero attached hydrogens (tertiary/aromatic N) is 3. The molecule has 0 aliphatic carbocycles. The van der Waals surface area contributed by atoms with Crippen LogP contribution in [0.2, 0.25) is 0 Å². The van der Waals surface area contributed by atoms with Gasteiger partial charge in [-0.1, -0.05) is 17.7 Å². The van der Waals surface area contributed by atoms with Crippen molar-refractivity contribution in [2.24, 2.45) is 0 Å². The number of hydrogen-bond acceptors (Lipinski definition) is 5. The van der Waals surface area contributed by atoms with Gasteiger partial charge in [-0.25, -0.2) is 12.4 Å². The van der Waals surface area contributed by atoms with Gasteiger partial charge in [0.1, 0.15) is 11.3 Å². The van der Waals surface area contributed by atoms with Crippen LogP contribution in [0.3, 0.4) is 0 Å². The van der Waals surface area contributed by atoms with Crippen molar-refractivity contribution in [3.8, 4) is 17.0 Å². The second-order valence-corrected chi connectivity index (χ2v) is 8.77. The SMILES string of the molecule is COc1cnccc1-c1c(Br)c2ncccc2n1S(=O)(=O)c1ccc(C)cc1. The lowest BCUT2D eigenvalue weighted by Gasteiger charge is -2.14. The Labute approximate surface area is 171 Å². The summed E-state index contributed by atoms with van der Waals surface area (Å²) in [4.78, 5) is 8.64. The fourth-order valence-corrected chi connectivity index (χ4v) is 5.42. The topological polar surface area (TPSA) is 74.1 Å². The normalized spacial score (nSPS) is 11.7. The number of aryl methyl sites for hydroxylation is 1. The monoisotopic (exact) mass is 457 g/mol. The zero-order chi connectivity index (χ0) is 19.9. The summed E-state index contributed by atoms with van der Waals surface area (Å²) in [6.45, 7) is 1.91. The Kier molecular flexibility index (Phi) is 4.68. The van der Waals surface area contributed by atoms with Gasteiger partial charge < -0.3 is 4.74 Å². The molecule has 3 heterocycles. The molecule has 142 valence electrons. The number of aromatic nitrogens is 3. The highest BCUT2D eigenvalue weighted by Gasteiger charge is 2.29. The van der Waals surface area contributed by atoms with Crippen molar-refractivity contribution in [3.63, 3.8) is 0 Å². The first-order valence-corrected chi connectivity index (χ1v) is 10.6. The number of halogens is 1. The fourth-order valence-electron chi connectivity index (χ4n) is 3.08. The number of hydrogen-bond donors (Lipinski definition) is 0. The van der Waals surface area contributed by atoms with Crippen LogP contribution in [-0.2, 0) is 10.0 Å². The van der Waals surface area contributed by atoms with Gasteiger partial charge in [-0.2, -0.15) is 0 Å². The molecular weight excluding hydrogens is 442 g/mol. The molecule has 28 heavy (non-hydrogen) atoms. The molecule has 0 saturated heterocycles. The number of fused-ring (bicyclic) bond motifs is 1. The third-order valence-electron chi connectivity index (χ3n) is 4.44. The van der Waals surface area contributed by atoms with Gasteiger partial charge in [0.2, 0.25) is 0 Å². The zero-order valence-electron chi connectivity index (χ0n) is 15.1. The van der Waals surface area contributed by atoms with Crippen molar-refractivity contribution in [2.45, 2.75) is 11.8 Å². The molecule has 0 atom stereocenters. The van der Waals surface area contributed by atoms with Crippen molar-refractivity contribution >= 4 is 37.0 Å². The highest BCUT2D eigenvalue weighted by Crippen LogP contribution is 2.42. The van der Waals surface area contributed by atoms with Gasteiger partial charge >= 0.3 is 0 Å². The maximum absolute atomic E-state index is 13.6. The van der Waals surface area contributed by atoms with Crippen LogP contribution in [-0.4, -0.2) is 29.5 Å². The van der Waals surface area contributed by atoms with E-state index in [-0.39, 0.29) is 4.90 Å². The summed E-state index contributed by atoms with van der Waals surface area (Å²) in [6, 6.07) is 11.9. The number of benzene rings is 1. The van der Waals surface area contributed by atoms with Crippen LogP contribution in [0.15, 0.2) is 70.4 Å². The molecule has 0 N–H and O–H groups in total. The van der Waals surface area contributed by atoms with Crippen molar-refractivity contribution in [3.05, 3.63) is 71.1 Å². The Bertz CT molecular complexity index is 1280. The second-order valence-electron chi connectivity index (χ2n) is 6.19. The minimum Gasteiger partial charge on any atom is -0.494 e. The van der Waals surface area contributed by atoms with E-state index < -0.39 is 10.0 Å². The Morgan fingerprint density at radius 2 is 1.82 bits per heavy atom. The molecule has 0 unspecified atom stereocenters. The van der Waals surface area contributed by atoms with Crippen LogP contribution in [0.5, 0.6) is 5.75 Å². The van der Waals surface area contributed by atoms with E-state index in [1.54, 1.807) is 61.1 Å². The molecule has 8 heteroatoms. The van der Waals surface area contributed by atoms with Crippen molar-refractivity contribution in [2.75, 3.05) is 7.11 Å². The van der Waals surface area contributed by atoms with E-state index in [0.717, 1.165) is 5.56 Å². The van der Waals surface area contributed by atoms with Gasteiger partial charge in [0.25, 0.3) is 10.0 Å². The molecule has 0 aliphatic heterocycles. The van der Waals surface area contributed by atoms with Gasteiger partial charge in [0, 0.05) is 18.0 Å². The van der Waals surface area contributed by atoms with E-state index in [0.29, 0.717) is 32.5 Å². The first kappa shape index (κ1) is 18.6. The summed E-state index contributed by atoms with van der Waals surface area (Å²) in [7, 11) is -2.37. The van der Waals surface area contributed by atoms with Gasteiger partial charge in [-0.05, 0) is 53.2 Å². The first-order valence-electron chi connectivity index (χ1n) is 8.40. The third kappa shape index (κ3) is 2.89. The van der Waals surface area contributed by atoms with Crippen LogP contribution in [0.25, 0.3) is 22.3 Å². The molecule has 0 amide bonds. The molecule has 4 rings (SSSR count). The standard InChI is InChI=1S/C20H16BrN3O3S/c1-13-5-7-14(8-6-13)28(25,26)24-16-4-3-10-23-19(16)18(21)20(24)15-9-11-22-12-17(15)27-2/h3-12H,1-2H3. The van der Waals surface area contributed by atoms with Gasteiger partial charge in [-0.3, -0.25) is 9.97 Å². The largest absolute Gasteiger partial charge is 0.494 e. The molecule has 0 radical (unpaired) electrons. The maximum Gasteiger partial charge on any atom is 0.268 e. The van der Waals surface area contributed by atoms with Gasteiger partial charge in [0.05, 0.1) is 33.9 Å². The van der Waals surface area contributed by atoms with E-state index in [9.17, 15) is 8.42 Å². The second kappa shape index (κ2) is 7.03. The molecule has 4 aromatic rings. The maximum atomic E-state index is 13.6. The lowest BCUT2D eigenvalue weighted by Crippen LogP contribution is -2.14. The number of rotatable bonds is 4. The first-order chi connectivity index (χ1) is 13.4. The van der Waals surface area contributed by atoms with Crippen LogP contribution in [0.4, 0.5) is 0 Å². The lowest BCUT2D eigenvalue weighted by atomic mass is 10.2. The average molecular weight is 458 g/mol. The van der Waals surface area contributed by atoms with E-state index in [1.807, 2.05) is 6.92 Å². The van der Waals surface area contributed by atoms with Crippen molar-refractivity contribution in [1.82, 2.24) is 13.9 Å². The van der Waals surface area contributed by atoms with Crippen molar-refractivity contribution < 1.29 is 13.2 Å². The Balaban J connectivity index is 2.12. The summed E-state index contributed by atoms with van der Waals surface area (Å²) in [5.74, 6) is 0.464. The fraction of sp³-hybridized carbons (Fsp3) is 0.100. The molecule has 3 aromatic heterocycles. The molecule has 1 aromatic carbocycles. The predicted molar refractivity (Wildman–Crippen MR) is 111 cm³/mol. The Morgan fingerprint density at radius 3 is 2.54 bits per heavy atom. The summed E-state index contributed by atoms with van der Waals surface area (Å²) >= 11 is 3.56. The Morgan fingerprint density at radius 1 is 1.07 bits per heavy atom. The summed E-state index contributed by atoms with van der Waals surface area (Å²) in [6.07, 6.45) is 4.78. The lowest BCUT2D eigenvalue weighted by molar-refractivity contribution is 0.414. The summed E-state index contributed by atoms with van der Waals surface area (Å²) in [5, 5.41) is 0. The molecule has 0 aliphatic rings. The van der Waals surface area contributed by atoms with Crippen LogP contribution < -0.4 is 4.74 Å². The molecular formula is C20H16BrN3O3S. The number of methoxy groups -OCH3 is 1. The molecule has 0 bridgehead atoms. The molecule has 0 saturated carbocycles. The van der Waals surface area contributed by atoms with Crippen molar-refractivity contribution in [1.29, 1.82) is 0 Å². The van der Waals surface area contributed by atoms with E-state index in [4.69, 9.17) is 4.74 Å². The zero-order valence-corrected chi connectivity index (χ0v) is 17.5. The molecule has 6 nitrogen and oxygen atoms in total. The van der Waals surface area contributed by atoms with E-state index in [1.165, 1.54) is 11.1 Å². The molecule has 0 spiro atoms. The van der Waals surface area contributed by atoms with Crippen LogP contribution in [0.1, 0.15) is 5.56 Å². The Hall–Kier alpha value is -2.71. The van der Waals surface area contributed by atoms with Gasteiger partial charge in [-0.15, -0.1) is 0 Å². The highest BCUT2D eigenvalue weighted by molar-refractivity contribution is 9.10. The van der Waals surface area contributed by atoms with Crippen LogP contribution in [0, 0.1) is 6.92 Å². The quantitative estimate of drug-likeness (QED) is 0.453. The number of ether oxygens (including phenoxy) is 1. The van der Waals surface area contributed by atoms with E-state index in [2.05, 4.69) is 25.9 Å². The highest BCUT2D eigenvalue weighted by atomic mass is 79.9. The molecule has 0 fully saturated rings. The smallest absolute Gasteiger partial charge is 0.268 e. The number of pyridine rings is 2. The van der Waals surface area contributed by atoms with Crippen LogP contribution >= 0.6 is 15.9 Å². The van der Waals surface area contributed by atoms with Gasteiger partial charge in [0.15, 0.2) is 0 Å². The predicted octanol–water partition coefficient (Wildman–Crippen LogP) is 4.41. The third-order valence-corrected chi connectivity index (χ3v) is 6.92. The summed E-state index contributed by atoms with van der Waals surface area (Å²) in [5.41, 5.74) is 3.04. The average Bonchev–Trinajstić information content (AvgIpc) is 3.01.